The monoisotopic (exact) mass is 291 g/mol. The van der Waals surface area contributed by atoms with Crippen molar-refractivity contribution in [3.8, 4) is 0 Å². The van der Waals surface area contributed by atoms with Crippen LogP contribution >= 0.6 is 23.2 Å². The molecule has 1 atom stereocenters. The molecule has 0 bridgehead atoms. The maximum absolute atomic E-state index is 6.22. The van der Waals surface area contributed by atoms with Crippen molar-refractivity contribution >= 4 is 28.9 Å². The Labute approximate surface area is 123 Å². The molecule has 1 unspecified atom stereocenters. The first-order valence-corrected chi connectivity index (χ1v) is 7.20. The Bertz CT molecular complexity index is 622. The molecule has 19 heavy (non-hydrogen) atoms. The topological polar surface area (TPSA) is 12.0 Å². The number of rotatable bonds is 2. The maximum Gasteiger partial charge on any atom is 0.0652 e. The van der Waals surface area contributed by atoms with E-state index in [0.717, 1.165) is 18.5 Å². The van der Waals surface area contributed by atoms with E-state index < -0.39 is 0 Å². The molecule has 1 aliphatic carbocycles. The van der Waals surface area contributed by atoms with E-state index in [2.05, 4.69) is 30.4 Å². The van der Waals surface area contributed by atoms with Gasteiger partial charge >= 0.3 is 0 Å². The van der Waals surface area contributed by atoms with Crippen LogP contribution in [0.2, 0.25) is 10.0 Å². The fraction of sp³-hybridized carbons (Fsp3) is 0.250. The maximum atomic E-state index is 6.22. The van der Waals surface area contributed by atoms with Gasteiger partial charge in [0.05, 0.1) is 16.8 Å². The van der Waals surface area contributed by atoms with E-state index >= 15 is 0 Å². The first-order chi connectivity index (χ1) is 9.13. The third kappa shape index (κ3) is 2.58. The number of fused-ring (bicyclic) bond motifs is 1. The number of nitrogens with one attached hydrogen (secondary N) is 1. The lowest BCUT2D eigenvalue weighted by molar-refractivity contribution is 0.762. The lowest BCUT2D eigenvalue weighted by Gasteiger charge is -2.17. The van der Waals surface area contributed by atoms with Crippen LogP contribution in [0, 0.1) is 6.92 Å². The third-order valence-corrected chi connectivity index (χ3v) is 4.19. The van der Waals surface area contributed by atoms with E-state index in [4.69, 9.17) is 23.2 Å². The molecule has 3 rings (SSSR count). The van der Waals surface area contributed by atoms with Crippen LogP contribution in [0.15, 0.2) is 36.4 Å². The predicted octanol–water partition coefficient (Wildman–Crippen LogP) is 5.40. The number of benzene rings is 2. The van der Waals surface area contributed by atoms with E-state index in [-0.39, 0.29) is 0 Å². The van der Waals surface area contributed by atoms with Gasteiger partial charge in [0.1, 0.15) is 0 Å². The Morgan fingerprint density at radius 2 is 1.95 bits per heavy atom. The van der Waals surface area contributed by atoms with Gasteiger partial charge in [-0.3, -0.25) is 0 Å². The molecule has 0 aromatic heterocycles. The number of halogens is 2. The zero-order valence-corrected chi connectivity index (χ0v) is 12.2. The van der Waals surface area contributed by atoms with E-state index in [1.54, 1.807) is 6.07 Å². The molecule has 2 aromatic carbocycles. The summed E-state index contributed by atoms with van der Waals surface area (Å²) in [7, 11) is 0. The van der Waals surface area contributed by atoms with Crippen LogP contribution in [0.1, 0.15) is 29.2 Å². The van der Waals surface area contributed by atoms with Gasteiger partial charge < -0.3 is 5.32 Å². The average Bonchev–Trinajstić information content (AvgIpc) is 2.75. The van der Waals surface area contributed by atoms with Crippen molar-refractivity contribution in [1.82, 2.24) is 0 Å². The van der Waals surface area contributed by atoms with Crippen LogP contribution in [0.3, 0.4) is 0 Å². The SMILES string of the molecule is Cc1ccc2c(c1)C(Nc1ccc(Cl)cc1Cl)CC2. The van der Waals surface area contributed by atoms with Crippen LogP contribution in [-0.2, 0) is 6.42 Å². The van der Waals surface area contributed by atoms with Crippen molar-refractivity contribution < 1.29 is 0 Å². The van der Waals surface area contributed by atoms with Crippen LogP contribution in [0.25, 0.3) is 0 Å². The average molecular weight is 292 g/mol. The van der Waals surface area contributed by atoms with E-state index in [9.17, 15) is 0 Å². The highest BCUT2D eigenvalue weighted by atomic mass is 35.5. The first kappa shape index (κ1) is 12.8. The fourth-order valence-electron chi connectivity index (χ4n) is 2.67. The molecule has 1 nitrogen and oxygen atoms in total. The van der Waals surface area contributed by atoms with Gasteiger partial charge in [0, 0.05) is 5.02 Å². The predicted molar refractivity (Wildman–Crippen MR) is 82.3 cm³/mol. The minimum absolute atomic E-state index is 0.341. The van der Waals surface area contributed by atoms with Gasteiger partial charge in [0.2, 0.25) is 0 Å². The summed E-state index contributed by atoms with van der Waals surface area (Å²) in [5.74, 6) is 0. The van der Waals surface area contributed by atoms with Crippen LogP contribution in [0.4, 0.5) is 5.69 Å². The van der Waals surface area contributed by atoms with Crippen molar-refractivity contribution in [2.45, 2.75) is 25.8 Å². The fourth-order valence-corrected chi connectivity index (χ4v) is 3.13. The van der Waals surface area contributed by atoms with Crippen molar-refractivity contribution in [2.75, 3.05) is 5.32 Å². The molecule has 1 N–H and O–H groups in total. The molecule has 0 saturated heterocycles. The molecule has 0 heterocycles. The molecule has 2 aromatic rings. The van der Waals surface area contributed by atoms with Gasteiger partial charge in [-0.25, -0.2) is 0 Å². The van der Waals surface area contributed by atoms with Crippen molar-refractivity contribution in [3.05, 3.63) is 63.1 Å². The lowest BCUT2D eigenvalue weighted by Crippen LogP contribution is -2.07. The minimum Gasteiger partial charge on any atom is -0.377 e. The second-order valence-electron chi connectivity index (χ2n) is 5.06. The molecule has 1 aliphatic rings. The Balaban J connectivity index is 1.88. The van der Waals surface area contributed by atoms with Crippen LogP contribution in [0.5, 0.6) is 0 Å². The largest absolute Gasteiger partial charge is 0.377 e. The number of aryl methyl sites for hydroxylation is 2. The highest BCUT2D eigenvalue weighted by Gasteiger charge is 2.22. The zero-order valence-electron chi connectivity index (χ0n) is 10.7. The molecule has 0 amide bonds. The molecule has 0 spiro atoms. The summed E-state index contributed by atoms with van der Waals surface area (Å²) >= 11 is 12.1. The van der Waals surface area contributed by atoms with Gasteiger partial charge in [-0.05, 0) is 49.1 Å². The van der Waals surface area contributed by atoms with Gasteiger partial charge in [-0.1, -0.05) is 47.0 Å². The van der Waals surface area contributed by atoms with Gasteiger partial charge in [-0.2, -0.15) is 0 Å². The Hall–Kier alpha value is -1.18. The smallest absolute Gasteiger partial charge is 0.0652 e. The van der Waals surface area contributed by atoms with Gasteiger partial charge in [-0.15, -0.1) is 0 Å². The van der Waals surface area contributed by atoms with Crippen LogP contribution in [-0.4, -0.2) is 0 Å². The van der Waals surface area contributed by atoms with Crippen molar-refractivity contribution in [3.63, 3.8) is 0 Å². The molecule has 0 radical (unpaired) electrons. The summed E-state index contributed by atoms with van der Waals surface area (Å²) in [6.45, 7) is 2.13. The Morgan fingerprint density at radius 3 is 2.74 bits per heavy atom. The number of anilines is 1. The second-order valence-corrected chi connectivity index (χ2v) is 5.91. The summed E-state index contributed by atoms with van der Waals surface area (Å²) in [5.41, 5.74) is 5.08. The van der Waals surface area contributed by atoms with E-state index in [1.807, 2.05) is 12.1 Å². The van der Waals surface area contributed by atoms with E-state index in [1.165, 1.54) is 16.7 Å². The highest BCUT2D eigenvalue weighted by Crippen LogP contribution is 2.36. The van der Waals surface area contributed by atoms with Crippen LogP contribution < -0.4 is 5.32 Å². The van der Waals surface area contributed by atoms with Gasteiger partial charge in [0.25, 0.3) is 0 Å². The zero-order chi connectivity index (χ0) is 13.4. The molecular weight excluding hydrogens is 277 g/mol. The third-order valence-electron chi connectivity index (χ3n) is 3.64. The standard InChI is InChI=1S/C16H15Cl2N/c1-10-2-3-11-4-6-15(13(11)8-10)19-16-7-5-12(17)9-14(16)18/h2-3,5,7-9,15,19H,4,6H2,1H3. The van der Waals surface area contributed by atoms with Gasteiger partial charge in [0.15, 0.2) is 0 Å². The molecule has 98 valence electrons. The quantitative estimate of drug-likeness (QED) is 0.781. The summed E-state index contributed by atoms with van der Waals surface area (Å²) in [6, 6.07) is 12.6. The minimum atomic E-state index is 0.341. The number of hydrogen-bond donors (Lipinski definition) is 1. The van der Waals surface area contributed by atoms with Crippen molar-refractivity contribution in [2.24, 2.45) is 0 Å². The summed E-state index contributed by atoms with van der Waals surface area (Å²) in [6.07, 6.45) is 2.23. The normalized spacial score (nSPS) is 17.3. The highest BCUT2D eigenvalue weighted by molar-refractivity contribution is 6.36. The molecule has 3 heteroatoms. The second kappa shape index (κ2) is 5.07. The first-order valence-electron chi connectivity index (χ1n) is 6.44. The summed E-state index contributed by atoms with van der Waals surface area (Å²) in [5, 5.41) is 4.87. The Kier molecular flexibility index (Phi) is 3.42. The summed E-state index contributed by atoms with van der Waals surface area (Å²) < 4.78 is 0. The Morgan fingerprint density at radius 1 is 1.11 bits per heavy atom. The lowest BCUT2D eigenvalue weighted by atomic mass is 10.0. The molecule has 0 aliphatic heterocycles. The van der Waals surface area contributed by atoms with Crippen molar-refractivity contribution in [1.29, 1.82) is 0 Å². The molecular formula is C16H15Cl2N. The number of hydrogen-bond acceptors (Lipinski definition) is 1. The van der Waals surface area contributed by atoms with E-state index in [0.29, 0.717) is 16.1 Å². The molecule has 0 saturated carbocycles. The summed E-state index contributed by atoms with van der Waals surface area (Å²) in [4.78, 5) is 0. The molecule has 0 fully saturated rings.